The number of nitrogens with zero attached hydrogens (tertiary/aromatic N) is 2. The van der Waals surface area contributed by atoms with Gasteiger partial charge in [0.2, 0.25) is 0 Å². The molecule has 1 aliphatic heterocycles. The average molecular weight is 306 g/mol. The second kappa shape index (κ2) is 8.83. The second-order valence-electron chi connectivity index (χ2n) is 6.46. The van der Waals surface area contributed by atoms with Crippen LogP contribution in [0.3, 0.4) is 0 Å². The first-order valence-corrected chi connectivity index (χ1v) is 8.48. The zero-order valence-electron chi connectivity index (χ0n) is 13.9. The molecule has 1 aromatic heterocycles. The monoisotopic (exact) mass is 306 g/mol. The van der Waals surface area contributed by atoms with E-state index in [-0.39, 0.29) is 6.04 Å². The molecule has 1 aliphatic rings. The highest BCUT2D eigenvalue weighted by atomic mass is 16.3. The molecule has 1 unspecified atom stereocenters. The van der Waals surface area contributed by atoms with Gasteiger partial charge in [0.1, 0.15) is 5.76 Å². The first kappa shape index (κ1) is 16.9. The van der Waals surface area contributed by atoms with Gasteiger partial charge < -0.3 is 15.5 Å². The second-order valence-corrected chi connectivity index (χ2v) is 6.46. The van der Waals surface area contributed by atoms with Crippen LogP contribution in [-0.4, -0.2) is 37.0 Å². The van der Waals surface area contributed by atoms with Gasteiger partial charge in [-0.1, -0.05) is 20.3 Å². The van der Waals surface area contributed by atoms with Crippen molar-refractivity contribution in [2.24, 2.45) is 16.6 Å². The minimum atomic E-state index is 0.195. The van der Waals surface area contributed by atoms with Crippen LogP contribution >= 0.6 is 0 Å². The van der Waals surface area contributed by atoms with Gasteiger partial charge in [-0.15, -0.1) is 0 Å². The van der Waals surface area contributed by atoms with Gasteiger partial charge in [-0.2, -0.15) is 0 Å². The normalized spacial score (nSPS) is 18.6. The molecular formula is C17H30N4O. The maximum Gasteiger partial charge on any atom is 0.188 e. The molecule has 22 heavy (non-hydrogen) atoms. The fourth-order valence-electron chi connectivity index (χ4n) is 2.83. The van der Waals surface area contributed by atoms with E-state index >= 15 is 0 Å². The number of aliphatic imine (C=N–C) groups is 1. The number of nitrogens with two attached hydrogens (primary N) is 1. The Kier molecular flexibility index (Phi) is 6.77. The van der Waals surface area contributed by atoms with Crippen LogP contribution in [0.25, 0.3) is 0 Å². The summed E-state index contributed by atoms with van der Waals surface area (Å²) in [5.74, 6) is 2.19. The first-order valence-electron chi connectivity index (χ1n) is 8.48. The average Bonchev–Trinajstić information content (AvgIpc) is 3.02. The summed E-state index contributed by atoms with van der Waals surface area (Å²) in [6.07, 6.45) is 6.67. The van der Waals surface area contributed by atoms with Crippen LogP contribution in [0, 0.1) is 5.92 Å². The standard InChI is InChI=1S/C17H30N4O/c1-14(2)8-9-19-17(18)20-13-15(16-7-6-12-22-16)21-10-4-3-5-11-21/h6-7,12,14-15H,3-5,8-11,13H2,1-2H3,(H3,18,19,20). The highest BCUT2D eigenvalue weighted by Gasteiger charge is 2.24. The molecule has 1 fully saturated rings. The van der Waals surface area contributed by atoms with E-state index in [1.54, 1.807) is 6.26 Å². The first-order chi connectivity index (χ1) is 10.7. The molecule has 0 amide bonds. The molecule has 0 radical (unpaired) electrons. The molecule has 1 atom stereocenters. The van der Waals surface area contributed by atoms with Crippen molar-refractivity contribution < 1.29 is 4.42 Å². The van der Waals surface area contributed by atoms with E-state index in [1.165, 1.54) is 19.3 Å². The summed E-state index contributed by atoms with van der Waals surface area (Å²) in [6.45, 7) is 8.16. The molecule has 2 heterocycles. The highest BCUT2D eigenvalue weighted by Crippen LogP contribution is 2.25. The van der Waals surface area contributed by atoms with Crippen LogP contribution in [-0.2, 0) is 0 Å². The molecule has 1 saturated heterocycles. The third kappa shape index (κ3) is 5.37. The van der Waals surface area contributed by atoms with Crippen LogP contribution in [0.5, 0.6) is 0 Å². The lowest BCUT2D eigenvalue weighted by molar-refractivity contribution is 0.150. The highest BCUT2D eigenvalue weighted by molar-refractivity contribution is 5.77. The minimum absolute atomic E-state index is 0.195. The Morgan fingerprint density at radius 2 is 2.14 bits per heavy atom. The Hall–Kier alpha value is -1.49. The summed E-state index contributed by atoms with van der Waals surface area (Å²) in [5, 5.41) is 3.20. The van der Waals surface area contributed by atoms with Crippen molar-refractivity contribution in [3.63, 3.8) is 0 Å². The number of rotatable bonds is 7. The summed E-state index contributed by atoms with van der Waals surface area (Å²) in [7, 11) is 0. The largest absolute Gasteiger partial charge is 0.468 e. The molecule has 124 valence electrons. The lowest BCUT2D eigenvalue weighted by Crippen LogP contribution is -2.37. The lowest BCUT2D eigenvalue weighted by Gasteiger charge is -2.32. The van der Waals surface area contributed by atoms with Gasteiger partial charge in [0.25, 0.3) is 0 Å². The van der Waals surface area contributed by atoms with E-state index in [1.807, 2.05) is 12.1 Å². The topological polar surface area (TPSA) is 66.8 Å². The summed E-state index contributed by atoms with van der Waals surface area (Å²) in [6, 6.07) is 4.18. The number of guanidine groups is 1. The van der Waals surface area contributed by atoms with Gasteiger partial charge in [0, 0.05) is 6.54 Å². The van der Waals surface area contributed by atoms with Crippen molar-refractivity contribution in [3.8, 4) is 0 Å². The van der Waals surface area contributed by atoms with Crippen molar-refractivity contribution in [2.45, 2.75) is 45.6 Å². The molecule has 0 bridgehead atoms. The van der Waals surface area contributed by atoms with Gasteiger partial charge in [0.15, 0.2) is 5.96 Å². The third-order valence-electron chi connectivity index (χ3n) is 4.17. The summed E-state index contributed by atoms with van der Waals surface area (Å²) >= 11 is 0. The lowest BCUT2D eigenvalue weighted by atomic mass is 10.1. The van der Waals surface area contributed by atoms with Crippen molar-refractivity contribution >= 4 is 5.96 Å². The minimum Gasteiger partial charge on any atom is -0.468 e. The zero-order valence-corrected chi connectivity index (χ0v) is 13.9. The SMILES string of the molecule is CC(C)CCNC(N)=NCC(c1ccco1)N1CCCCC1. The van der Waals surface area contributed by atoms with E-state index in [0.29, 0.717) is 18.4 Å². The van der Waals surface area contributed by atoms with Gasteiger partial charge in [0.05, 0.1) is 18.8 Å². The number of nitrogens with one attached hydrogen (secondary N) is 1. The molecular weight excluding hydrogens is 276 g/mol. The summed E-state index contributed by atoms with van der Waals surface area (Å²) in [4.78, 5) is 7.00. The molecule has 1 aromatic rings. The molecule has 0 aromatic carbocycles. The van der Waals surface area contributed by atoms with Crippen molar-refractivity contribution in [1.82, 2.24) is 10.2 Å². The van der Waals surface area contributed by atoms with Crippen molar-refractivity contribution in [3.05, 3.63) is 24.2 Å². The molecule has 0 spiro atoms. The van der Waals surface area contributed by atoms with Crippen LogP contribution in [0.1, 0.15) is 51.3 Å². The van der Waals surface area contributed by atoms with Gasteiger partial charge in [-0.05, 0) is 50.4 Å². The van der Waals surface area contributed by atoms with E-state index < -0.39 is 0 Å². The predicted molar refractivity (Wildman–Crippen MR) is 90.8 cm³/mol. The molecule has 5 nitrogen and oxygen atoms in total. The molecule has 0 aliphatic carbocycles. The summed E-state index contributed by atoms with van der Waals surface area (Å²) in [5.41, 5.74) is 5.98. The third-order valence-corrected chi connectivity index (χ3v) is 4.17. The summed E-state index contributed by atoms with van der Waals surface area (Å²) < 4.78 is 5.62. The number of likely N-dealkylation sites (tertiary alicyclic amines) is 1. The number of furan rings is 1. The van der Waals surface area contributed by atoms with Crippen LogP contribution in [0.2, 0.25) is 0 Å². The van der Waals surface area contributed by atoms with E-state index in [0.717, 1.165) is 31.8 Å². The van der Waals surface area contributed by atoms with E-state index in [2.05, 4.69) is 29.1 Å². The maximum atomic E-state index is 5.98. The Labute approximate surface area is 134 Å². The molecule has 2 rings (SSSR count). The molecule has 5 heteroatoms. The maximum absolute atomic E-state index is 5.98. The fraction of sp³-hybridized carbons (Fsp3) is 0.706. The Morgan fingerprint density at radius 1 is 1.36 bits per heavy atom. The van der Waals surface area contributed by atoms with Crippen LogP contribution < -0.4 is 11.1 Å². The predicted octanol–water partition coefficient (Wildman–Crippen LogP) is 2.76. The molecule has 3 N–H and O–H groups in total. The van der Waals surface area contributed by atoms with Crippen LogP contribution in [0.15, 0.2) is 27.8 Å². The van der Waals surface area contributed by atoms with Crippen molar-refractivity contribution in [1.29, 1.82) is 0 Å². The quantitative estimate of drug-likeness (QED) is 0.600. The smallest absolute Gasteiger partial charge is 0.188 e. The van der Waals surface area contributed by atoms with Gasteiger partial charge >= 0.3 is 0 Å². The Morgan fingerprint density at radius 3 is 2.77 bits per heavy atom. The van der Waals surface area contributed by atoms with Gasteiger partial charge in [-0.25, -0.2) is 0 Å². The molecule has 0 saturated carbocycles. The number of piperidine rings is 1. The zero-order chi connectivity index (χ0) is 15.8. The number of hydrogen-bond acceptors (Lipinski definition) is 3. The van der Waals surface area contributed by atoms with Crippen molar-refractivity contribution in [2.75, 3.05) is 26.2 Å². The fourth-order valence-corrected chi connectivity index (χ4v) is 2.83. The number of hydrogen-bond donors (Lipinski definition) is 2. The van der Waals surface area contributed by atoms with E-state index in [9.17, 15) is 0 Å². The Bertz CT molecular complexity index is 436. The van der Waals surface area contributed by atoms with Crippen LogP contribution in [0.4, 0.5) is 0 Å². The Balaban J connectivity index is 1.91. The van der Waals surface area contributed by atoms with Gasteiger partial charge in [-0.3, -0.25) is 9.89 Å². The van der Waals surface area contributed by atoms with E-state index in [4.69, 9.17) is 10.2 Å².